The number of sulfone groups is 1. The molecule has 0 heterocycles. The molecule has 0 aromatic carbocycles. The van der Waals surface area contributed by atoms with Gasteiger partial charge < -0.3 is 11.1 Å². The Morgan fingerprint density at radius 3 is 2.50 bits per heavy atom. The van der Waals surface area contributed by atoms with Crippen LogP contribution < -0.4 is 11.1 Å². The van der Waals surface area contributed by atoms with Gasteiger partial charge in [-0.1, -0.05) is 13.3 Å². The van der Waals surface area contributed by atoms with Crippen LogP contribution in [0.3, 0.4) is 0 Å². The van der Waals surface area contributed by atoms with Gasteiger partial charge in [-0.2, -0.15) is 0 Å². The SMILES string of the molecule is CCCCS(=O)(=O)/C=C(\N)NC(C)C. The van der Waals surface area contributed by atoms with Crippen molar-refractivity contribution >= 4 is 9.84 Å². The molecule has 84 valence electrons. The predicted molar refractivity (Wildman–Crippen MR) is 59.2 cm³/mol. The van der Waals surface area contributed by atoms with Crippen LogP contribution in [0.25, 0.3) is 0 Å². The van der Waals surface area contributed by atoms with E-state index >= 15 is 0 Å². The molecule has 0 atom stereocenters. The molecule has 0 aromatic heterocycles. The van der Waals surface area contributed by atoms with Gasteiger partial charge in [0.05, 0.1) is 11.2 Å². The Balaban J connectivity index is 4.31. The first-order chi connectivity index (χ1) is 6.37. The zero-order valence-electron chi connectivity index (χ0n) is 9.08. The van der Waals surface area contributed by atoms with Crippen molar-refractivity contribution in [3.63, 3.8) is 0 Å². The lowest BCUT2D eigenvalue weighted by molar-refractivity contribution is 0.599. The topological polar surface area (TPSA) is 72.2 Å². The summed E-state index contributed by atoms with van der Waals surface area (Å²) >= 11 is 0. The summed E-state index contributed by atoms with van der Waals surface area (Å²) in [5.41, 5.74) is 5.50. The first-order valence-electron chi connectivity index (χ1n) is 4.84. The van der Waals surface area contributed by atoms with Gasteiger partial charge in [0.2, 0.25) is 0 Å². The zero-order chi connectivity index (χ0) is 11.2. The highest BCUT2D eigenvalue weighted by Gasteiger charge is 2.07. The molecule has 0 saturated carbocycles. The van der Waals surface area contributed by atoms with Gasteiger partial charge in [0, 0.05) is 6.04 Å². The molecule has 0 saturated heterocycles. The fraction of sp³-hybridized carbons (Fsp3) is 0.778. The average molecular weight is 220 g/mol. The summed E-state index contributed by atoms with van der Waals surface area (Å²) in [6, 6.07) is 0.146. The number of hydrogen-bond donors (Lipinski definition) is 2. The normalized spacial score (nSPS) is 13.3. The van der Waals surface area contributed by atoms with Crippen molar-refractivity contribution in [2.75, 3.05) is 5.75 Å². The fourth-order valence-electron chi connectivity index (χ4n) is 0.965. The van der Waals surface area contributed by atoms with Gasteiger partial charge in [-0.3, -0.25) is 0 Å². The largest absolute Gasteiger partial charge is 0.385 e. The van der Waals surface area contributed by atoms with E-state index < -0.39 is 9.84 Å². The van der Waals surface area contributed by atoms with Crippen molar-refractivity contribution in [2.24, 2.45) is 5.73 Å². The van der Waals surface area contributed by atoms with Crippen LogP contribution in [0, 0.1) is 0 Å². The van der Waals surface area contributed by atoms with E-state index in [4.69, 9.17) is 5.73 Å². The standard InChI is InChI=1S/C9H20N2O2S/c1-4-5-6-14(12,13)7-9(10)11-8(2)3/h7-8,11H,4-6,10H2,1-3H3/b9-7+. The summed E-state index contributed by atoms with van der Waals surface area (Å²) in [6.45, 7) is 5.76. The molecule has 0 radical (unpaired) electrons. The van der Waals surface area contributed by atoms with Crippen LogP contribution in [0.4, 0.5) is 0 Å². The molecule has 0 amide bonds. The van der Waals surface area contributed by atoms with E-state index in [-0.39, 0.29) is 17.6 Å². The van der Waals surface area contributed by atoms with Crippen molar-refractivity contribution in [2.45, 2.75) is 39.7 Å². The maximum atomic E-state index is 11.4. The highest BCUT2D eigenvalue weighted by atomic mass is 32.2. The van der Waals surface area contributed by atoms with Gasteiger partial charge in [-0.05, 0) is 20.3 Å². The van der Waals surface area contributed by atoms with Crippen LogP contribution >= 0.6 is 0 Å². The van der Waals surface area contributed by atoms with E-state index in [0.717, 1.165) is 11.8 Å². The van der Waals surface area contributed by atoms with Crippen LogP contribution in [0.1, 0.15) is 33.6 Å². The first kappa shape index (κ1) is 13.3. The van der Waals surface area contributed by atoms with Crippen LogP contribution in [-0.4, -0.2) is 20.2 Å². The molecular weight excluding hydrogens is 200 g/mol. The Hall–Kier alpha value is -0.710. The minimum absolute atomic E-state index is 0.146. The molecule has 5 heteroatoms. The lowest BCUT2D eigenvalue weighted by Crippen LogP contribution is -2.27. The quantitative estimate of drug-likeness (QED) is 0.699. The molecule has 0 spiro atoms. The number of hydrogen-bond acceptors (Lipinski definition) is 4. The number of nitrogens with one attached hydrogen (secondary N) is 1. The van der Waals surface area contributed by atoms with Gasteiger partial charge in [0.15, 0.2) is 9.84 Å². The van der Waals surface area contributed by atoms with E-state index in [0.29, 0.717) is 6.42 Å². The Bertz CT molecular complexity index is 281. The molecule has 0 unspecified atom stereocenters. The van der Waals surface area contributed by atoms with Crippen LogP contribution in [0.2, 0.25) is 0 Å². The van der Waals surface area contributed by atoms with Crippen molar-refractivity contribution < 1.29 is 8.42 Å². The minimum atomic E-state index is -3.14. The molecule has 3 N–H and O–H groups in total. The second-order valence-corrected chi connectivity index (χ2v) is 5.56. The second kappa shape index (κ2) is 5.90. The third-order valence-corrected chi connectivity index (χ3v) is 3.02. The van der Waals surface area contributed by atoms with E-state index in [2.05, 4.69) is 5.32 Å². The van der Waals surface area contributed by atoms with E-state index in [9.17, 15) is 8.42 Å². The molecule has 0 aliphatic rings. The monoisotopic (exact) mass is 220 g/mol. The predicted octanol–water partition coefficient (Wildman–Crippen LogP) is 0.957. The van der Waals surface area contributed by atoms with Gasteiger partial charge in [0.25, 0.3) is 0 Å². The molecule has 14 heavy (non-hydrogen) atoms. The lowest BCUT2D eigenvalue weighted by Gasteiger charge is -2.09. The first-order valence-corrected chi connectivity index (χ1v) is 6.55. The maximum Gasteiger partial charge on any atom is 0.175 e. The van der Waals surface area contributed by atoms with Crippen molar-refractivity contribution in [1.82, 2.24) is 5.32 Å². The number of unbranched alkanes of at least 4 members (excludes halogenated alkanes) is 1. The summed E-state index contributed by atoms with van der Waals surface area (Å²) in [5.74, 6) is 0.389. The van der Waals surface area contributed by atoms with Gasteiger partial charge in [0.1, 0.15) is 5.82 Å². The third kappa shape index (κ3) is 6.77. The fourth-order valence-corrected chi connectivity index (χ4v) is 2.23. The minimum Gasteiger partial charge on any atom is -0.385 e. The Kier molecular flexibility index (Phi) is 5.60. The molecule has 4 nitrogen and oxygen atoms in total. The zero-order valence-corrected chi connectivity index (χ0v) is 9.89. The van der Waals surface area contributed by atoms with Gasteiger partial charge in [-0.15, -0.1) is 0 Å². The van der Waals surface area contributed by atoms with Crippen molar-refractivity contribution in [3.8, 4) is 0 Å². The third-order valence-electron chi connectivity index (χ3n) is 1.54. The summed E-state index contributed by atoms with van der Waals surface area (Å²) in [7, 11) is -3.14. The van der Waals surface area contributed by atoms with Crippen LogP contribution in [-0.2, 0) is 9.84 Å². The number of rotatable bonds is 6. The van der Waals surface area contributed by atoms with Gasteiger partial charge in [-0.25, -0.2) is 8.42 Å². The highest BCUT2D eigenvalue weighted by molar-refractivity contribution is 7.94. The molecule has 0 aliphatic heterocycles. The molecule has 0 bridgehead atoms. The van der Waals surface area contributed by atoms with E-state index in [1.165, 1.54) is 0 Å². The Labute approximate surface area is 86.5 Å². The van der Waals surface area contributed by atoms with E-state index in [1.807, 2.05) is 20.8 Å². The summed E-state index contributed by atoms with van der Waals surface area (Å²) in [4.78, 5) is 0. The lowest BCUT2D eigenvalue weighted by atomic mass is 10.4. The molecule has 0 fully saturated rings. The average Bonchev–Trinajstić information content (AvgIpc) is 1.98. The maximum absolute atomic E-state index is 11.4. The Morgan fingerprint density at radius 1 is 1.50 bits per heavy atom. The van der Waals surface area contributed by atoms with Gasteiger partial charge >= 0.3 is 0 Å². The molecule has 0 rings (SSSR count). The molecular formula is C9H20N2O2S. The molecule has 0 aliphatic carbocycles. The Morgan fingerprint density at radius 2 is 2.07 bits per heavy atom. The molecule has 0 aromatic rings. The summed E-state index contributed by atoms with van der Waals surface area (Å²) in [5, 5.41) is 3.95. The summed E-state index contributed by atoms with van der Waals surface area (Å²) in [6.07, 6.45) is 1.54. The van der Waals surface area contributed by atoms with Crippen molar-refractivity contribution in [3.05, 3.63) is 11.2 Å². The van der Waals surface area contributed by atoms with Crippen LogP contribution in [0.5, 0.6) is 0 Å². The highest BCUT2D eigenvalue weighted by Crippen LogP contribution is 2.00. The van der Waals surface area contributed by atoms with E-state index in [1.54, 1.807) is 0 Å². The van der Waals surface area contributed by atoms with Crippen molar-refractivity contribution in [1.29, 1.82) is 0 Å². The number of nitrogens with two attached hydrogens (primary N) is 1. The second-order valence-electron chi connectivity index (χ2n) is 3.59. The summed E-state index contributed by atoms with van der Waals surface area (Å²) < 4.78 is 22.8. The van der Waals surface area contributed by atoms with Crippen LogP contribution in [0.15, 0.2) is 11.2 Å². The smallest absolute Gasteiger partial charge is 0.175 e.